The fraction of sp³-hybridized carbons (Fsp3) is 0.263. The highest BCUT2D eigenvalue weighted by molar-refractivity contribution is 6.19. The topological polar surface area (TPSA) is 111 Å². The summed E-state index contributed by atoms with van der Waals surface area (Å²) in [5.74, 6) is -1.25. The Morgan fingerprint density at radius 2 is 2.11 bits per heavy atom. The minimum absolute atomic E-state index is 0.0969. The maximum absolute atomic E-state index is 15.1. The van der Waals surface area contributed by atoms with Crippen molar-refractivity contribution < 1.29 is 19.1 Å². The summed E-state index contributed by atoms with van der Waals surface area (Å²) in [5.41, 5.74) is 7.19. The first-order valence-electron chi connectivity index (χ1n) is 8.73. The van der Waals surface area contributed by atoms with E-state index in [1.165, 1.54) is 0 Å². The molecule has 140 valence electrons. The molecule has 1 aromatic heterocycles. The van der Waals surface area contributed by atoms with E-state index in [0.717, 1.165) is 23.4 Å². The molecule has 1 aliphatic heterocycles. The van der Waals surface area contributed by atoms with Crippen LogP contribution in [0.25, 0.3) is 21.8 Å². The molecule has 1 unspecified atom stereocenters. The van der Waals surface area contributed by atoms with Crippen molar-refractivity contribution in [3.8, 4) is 0 Å². The largest absolute Gasteiger partial charge is 0.465 e. The van der Waals surface area contributed by atoms with Crippen LogP contribution < -0.4 is 16.0 Å². The van der Waals surface area contributed by atoms with Crippen molar-refractivity contribution in [3.63, 3.8) is 0 Å². The Hall–Kier alpha value is -3.29. The minimum atomic E-state index is -1.09. The zero-order valence-electron chi connectivity index (χ0n) is 14.5. The zero-order chi connectivity index (χ0) is 19.1. The second-order valence-electron chi connectivity index (χ2n) is 6.77. The van der Waals surface area contributed by atoms with Gasteiger partial charge in [0.2, 0.25) is 0 Å². The molecule has 1 fully saturated rings. The lowest BCUT2D eigenvalue weighted by molar-refractivity contribution is 0.100. The van der Waals surface area contributed by atoms with Gasteiger partial charge in [-0.3, -0.25) is 4.79 Å². The van der Waals surface area contributed by atoms with E-state index in [1.54, 1.807) is 0 Å². The highest BCUT2D eigenvalue weighted by Gasteiger charge is 2.27. The number of piperidine rings is 1. The van der Waals surface area contributed by atoms with E-state index in [1.807, 2.05) is 29.2 Å². The molecule has 2 heterocycles. The first-order chi connectivity index (χ1) is 13.0. The van der Waals surface area contributed by atoms with Crippen molar-refractivity contribution in [2.75, 3.05) is 18.0 Å². The quantitative estimate of drug-likeness (QED) is 0.568. The number of nitrogens with one attached hydrogen (secondary N) is 2. The smallest absolute Gasteiger partial charge is 0.404 e. The van der Waals surface area contributed by atoms with Crippen LogP contribution in [0.3, 0.4) is 0 Å². The maximum atomic E-state index is 15.1. The zero-order valence-corrected chi connectivity index (χ0v) is 14.5. The van der Waals surface area contributed by atoms with E-state index in [4.69, 9.17) is 10.8 Å². The van der Waals surface area contributed by atoms with E-state index in [-0.39, 0.29) is 11.6 Å². The standard InChI is InChI=1S/C19H19FN4O3/c20-13-8-12(18(21)25)16-15(11-5-1-2-6-14(11)23-16)17(13)24-7-3-4-10(9-24)22-19(26)27/h1-2,5-6,8,10,22-23H,3-4,7,9H2,(H2,21,25)(H,26,27). The van der Waals surface area contributed by atoms with E-state index in [2.05, 4.69) is 10.3 Å². The van der Waals surface area contributed by atoms with Gasteiger partial charge in [0.05, 0.1) is 16.8 Å². The summed E-state index contributed by atoms with van der Waals surface area (Å²) in [6.07, 6.45) is 0.329. The molecule has 27 heavy (non-hydrogen) atoms. The molecule has 3 aromatic rings. The Kier molecular flexibility index (Phi) is 4.10. The summed E-state index contributed by atoms with van der Waals surface area (Å²) in [6, 6.07) is 8.28. The maximum Gasteiger partial charge on any atom is 0.404 e. The van der Waals surface area contributed by atoms with Crippen LogP contribution in [0.1, 0.15) is 23.2 Å². The fourth-order valence-electron chi connectivity index (χ4n) is 3.95. The second kappa shape index (κ2) is 6.46. The van der Waals surface area contributed by atoms with Gasteiger partial charge in [-0.05, 0) is 25.0 Å². The van der Waals surface area contributed by atoms with Crippen molar-refractivity contribution in [2.45, 2.75) is 18.9 Å². The third-order valence-corrected chi connectivity index (χ3v) is 5.04. The number of nitrogens with zero attached hydrogens (tertiary/aromatic N) is 1. The number of fused-ring (bicyclic) bond motifs is 3. The van der Waals surface area contributed by atoms with Gasteiger partial charge in [-0.1, -0.05) is 18.2 Å². The first-order valence-corrected chi connectivity index (χ1v) is 8.73. The number of anilines is 1. The van der Waals surface area contributed by atoms with Crippen molar-refractivity contribution in [2.24, 2.45) is 5.73 Å². The number of carboxylic acid groups (broad SMARTS) is 1. The lowest BCUT2D eigenvalue weighted by Crippen LogP contribution is -2.47. The van der Waals surface area contributed by atoms with Gasteiger partial charge in [0.15, 0.2) is 0 Å². The van der Waals surface area contributed by atoms with E-state index in [9.17, 15) is 9.59 Å². The molecule has 0 saturated carbocycles. The number of rotatable bonds is 3. The Morgan fingerprint density at radius 1 is 1.33 bits per heavy atom. The summed E-state index contributed by atoms with van der Waals surface area (Å²) in [5, 5.41) is 12.9. The molecule has 0 aliphatic carbocycles. The molecule has 0 bridgehead atoms. The summed E-state index contributed by atoms with van der Waals surface area (Å²) >= 11 is 0. The Bertz CT molecular complexity index is 1060. The highest BCUT2D eigenvalue weighted by atomic mass is 19.1. The number of para-hydroxylation sites is 1. The molecule has 7 nitrogen and oxygen atoms in total. The van der Waals surface area contributed by atoms with Gasteiger partial charge in [-0.25, -0.2) is 9.18 Å². The number of hydrogen-bond acceptors (Lipinski definition) is 3. The fourth-order valence-corrected chi connectivity index (χ4v) is 3.95. The predicted octanol–water partition coefficient (Wildman–Crippen LogP) is 2.80. The SMILES string of the molecule is NC(=O)c1cc(F)c(N2CCCC(NC(=O)O)C2)c2c1[nH]c1ccccc12. The van der Waals surface area contributed by atoms with Gasteiger partial charge in [0, 0.05) is 35.4 Å². The number of halogens is 1. The van der Waals surface area contributed by atoms with Crippen molar-refractivity contribution in [1.82, 2.24) is 10.3 Å². The summed E-state index contributed by atoms with van der Waals surface area (Å²) in [6.45, 7) is 0.951. The van der Waals surface area contributed by atoms with Crippen LogP contribution in [0.2, 0.25) is 0 Å². The molecule has 2 amide bonds. The number of nitrogens with two attached hydrogens (primary N) is 1. The molecule has 0 spiro atoms. The molecule has 2 aromatic carbocycles. The third-order valence-electron chi connectivity index (χ3n) is 5.04. The van der Waals surface area contributed by atoms with Crippen molar-refractivity contribution >= 4 is 39.5 Å². The lowest BCUT2D eigenvalue weighted by Gasteiger charge is -2.35. The molecule has 8 heteroatoms. The van der Waals surface area contributed by atoms with E-state index in [0.29, 0.717) is 36.1 Å². The Morgan fingerprint density at radius 3 is 2.85 bits per heavy atom. The second-order valence-corrected chi connectivity index (χ2v) is 6.77. The van der Waals surface area contributed by atoms with Gasteiger partial charge in [-0.2, -0.15) is 0 Å². The lowest BCUT2D eigenvalue weighted by atomic mass is 10.0. The van der Waals surface area contributed by atoms with Crippen LogP contribution in [0.15, 0.2) is 30.3 Å². The van der Waals surface area contributed by atoms with Gasteiger partial charge in [0.25, 0.3) is 5.91 Å². The Labute approximate surface area is 153 Å². The third kappa shape index (κ3) is 2.92. The molecule has 1 saturated heterocycles. The van der Waals surface area contributed by atoms with Crippen molar-refractivity contribution in [3.05, 3.63) is 41.7 Å². The monoisotopic (exact) mass is 370 g/mol. The summed E-state index contributed by atoms with van der Waals surface area (Å²) in [4.78, 5) is 27.8. The van der Waals surface area contributed by atoms with Crippen LogP contribution in [0.5, 0.6) is 0 Å². The molecule has 1 atom stereocenters. The first kappa shape index (κ1) is 17.1. The van der Waals surface area contributed by atoms with Crippen LogP contribution in [-0.2, 0) is 0 Å². The number of aromatic nitrogens is 1. The van der Waals surface area contributed by atoms with E-state index >= 15 is 4.39 Å². The molecular formula is C19H19FN4O3. The summed E-state index contributed by atoms with van der Waals surface area (Å²) in [7, 11) is 0. The molecule has 1 aliphatic rings. The number of carbonyl (C=O) groups excluding carboxylic acids is 1. The Balaban J connectivity index is 1.92. The van der Waals surface area contributed by atoms with Crippen LogP contribution in [0.4, 0.5) is 14.9 Å². The van der Waals surface area contributed by atoms with Crippen molar-refractivity contribution in [1.29, 1.82) is 0 Å². The molecule has 0 radical (unpaired) electrons. The van der Waals surface area contributed by atoms with Crippen LogP contribution in [-0.4, -0.2) is 41.2 Å². The normalized spacial score (nSPS) is 17.4. The number of aromatic amines is 1. The number of benzene rings is 2. The van der Waals surface area contributed by atoms with Gasteiger partial charge in [-0.15, -0.1) is 0 Å². The highest BCUT2D eigenvalue weighted by Crippen LogP contribution is 2.38. The molecule has 4 rings (SSSR count). The van der Waals surface area contributed by atoms with Gasteiger partial charge in [0.1, 0.15) is 5.82 Å². The van der Waals surface area contributed by atoms with Crippen LogP contribution >= 0.6 is 0 Å². The molecular weight excluding hydrogens is 351 g/mol. The average Bonchev–Trinajstić information content (AvgIpc) is 3.00. The van der Waals surface area contributed by atoms with Gasteiger partial charge < -0.3 is 26.0 Å². The van der Waals surface area contributed by atoms with Crippen LogP contribution in [0, 0.1) is 5.82 Å². The number of amides is 2. The number of hydrogen-bond donors (Lipinski definition) is 4. The number of primary amides is 1. The molecule has 5 N–H and O–H groups in total. The average molecular weight is 370 g/mol. The number of H-pyrrole nitrogens is 1. The predicted molar refractivity (Wildman–Crippen MR) is 101 cm³/mol. The summed E-state index contributed by atoms with van der Waals surface area (Å²) < 4.78 is 15.1. The van der Waals surface area contributed by atoms with E-state index < -0.39 is 17.8 Å². The number of carbonyl (C=O) groups is 2. The minimum Gasteiger partial charge on any atom is -0.465 e. The van der Waals surface area contributed by atoms with Gasteiger partial charge >= 0.3 is 6.09 Å².